The zero-order valence-electron chi connectivity index (χ0n) is 16.4. The first-order valence-electron chi connectivity index (χ1n) is 10.0. The number of aryl methyl sites for hydroxylation is 1. The van der Waals surface area contributed by atoms with Gasteiger partial charge in [0.1, 0.15) is 11.5 Å². The Hall–Kier alpha value is -2.76. The highest BCUT2D eigenvalue weighted by Gasteiger charge is 2.24. The topological polar surface area (TPSA) is 54.9 Å². The number of methoxy groups -OCH3 is 1. The fourth-order valence-electron chi connectivity index (χ4n) is 4.05. The standard InChI is InChI=1S/C22H27N3O3/c1-27-21-9-5-4-8-19(21)24-12-14-25(15-13-24)22(26)16-28-20-10-11-23-18-7-3-2-6-17(18)20/h4-5,8-11H,2-3,6-7,12-16H2,1H3. The Morgan fingerprint density at radius 2 is 1.82 bits per heavy atom. The van der Waals surface area contributed by atoms with Gasteiger partial charge in [0.25, 0.3) is 5.91 Å². The predicted octanol–water partition coefficient (Wildman–Crippen LogP) is 2.70. The molecule has 1 aromatic heterocycles. The van der Waals surface area contributed by atoms with Crippen LogP contribution in [-0.4, -0.2) is 55.7 Å². The second-order valence-corrected chi connectivity index (χ2v) is 7.27. The summed E-state index contributed by atoms with van der Waals surface area (Å²) in [7, 11) is 1.69. The molecule has 28 heavy (non-hydrogen) atoms. The Morgan fingerprint density at radius 3 is 2.64 bits per heavy atom. The number of pyridine rings is 1. The van der Waals surface area contributed by atoms with Crippen LogP contribution in [0.1, 0.15) is 24.1 Å². The lowest BCUT2D eigenvalue weighted by atomic mass is 9.95. The molecule has 4 rings (SSSR count). The fraction of sp³-hybridized carbons (Fsp3) is 0.455. The van der Waals surface area contributed by atoms with E-state index in [0.29, 0.717) is 13.1 Å². The third-order valence-electron chi connectivity index (χ3n) is 5.60. The number of fused-ring (bicyclic) bond motifs is 1. The molecular weight excluding hydrogens is 354 g/mol. The number of piperazine rings is 1. The van der Waals surface area contributed by atoms with Gasteiger partial charge < -0.3 is 19.3 Å². The van der Waals surface area contributed by atoms with E-state index in [1.807, 2.05) is 29.2 Å². The Bertz CT molecular complexity index is 832. The van der Waals surface area contributed by atoms with E-state index in [-0.39, 0.29) is 12.5 Å². The van der Waals surface area contributed by atoms with Gasteiger partial charge in [0, 0.05) is 43.6 Å². The molecule has 1 fully saturated rings. The van der Waals surface area contributed by atoms with Crippen LogP contribution in [0.25, 0.3) is 0 Å². The maximum atomic E-state index is 12.6. The number of anilines is 1. The third-order valence-corrected chi connectivity index (χ3v) is 5.60. The Kier molecular flexibility index (Phi) is 5.65. The molecule has 0 saturated carbocycles. The van der Waals surface area contributed by atoms with Gasteiger partial charge >= 0.3 is 0 Å². The van der Waals surface area contributed by atoms with Crippen LogP contribution in [0.5, 0.6) is 11.5 Å². The number of nitrogens with zero attached hydrogens (tertiary/aromatic N) is 3. The van der Waals surface area contributed by atoms with Crippen molar-refractivity contribution >= 4 is 11.6 Å². The number of ether oxygens (including phenoxy) is 2. The van der Waals surface area contributed by atoms with Crippen LogP contribution < -0.4 is 14.4 Å². The highest BCUT2D eigenvalue weighted by molar-refractivity contribution is 5.78. The number of para-hydroxylation sites is 2. The molecule has 1 aliphatic carbocycles. The van der Waals surface area contributed by atoms with Crippen LogP contribution in [0.3, 0.4) is 0 Å². The quantitative estimate of drug-likeness (QED) is 0.797. The highest BCUT2D eigenvalue weighted by Crippen LogP contribution is 2.29. The second kappa shape index (κ2) is 8.50. The number of carbonyl (C=O) groups excluding carboxylic acids is 1. The summed E-state index contributed by atoms with van der Waals surface area (Å²) < 4.78 is 11.4. The van der Waals surface area contributed by atoms with Crippen LogP contribution in [-0.2, 0) is 17.6 Å². The Balaban J connectivity index is 1.32. The summed E-state index contributed by atoms with van der Waals surface area (Å²) in [4.78, 5) is 21.3. The van der Waals surface area contributed by atoms with Crippen LogP contribution in [0.15, 0.2) is 36.5 Å². The Morgan fingerprint density at radius 1 is 1.04 bits per heavy atom. The average Bonchev–Trinajstić information content (AvgIpc) is 2.77. The first-order valence-corrected chi connectivity index (χ1v) is 10.0. The van der Waals surface area contributed by atoms with E-state index in [4.69, 9.17) is 9.47 Å². The molecule has 148 valence electrons. The van der Waals surface area contributed by atoms with E-state index in [0.717, 1.165) is 55.2 Å². The predicted molar refractivity (Wildman–Crippen MR) is 108 cm³/mol. The molecule has 6 heteroatoms. The summed E-state index contributed by atoms with van der Waals surface area (Å²) in [6.45, 7) is 3.04. The van der Waals surface area contributed by atoms with Crippen LogP contribution in [0.2, 0.25) is 0 Å². The Labute approximate surface area is 166 Å². The zero-order valence-corrected chi connectivity index (χ0v) is 16.4. The van der Waals surface area contributed by atoms with Crippen LogP contribution in [0, 0.1) is 0 Å². The fourth-order valence-corrected chi connectivity index (χ4v) is 4.05. The van der Waals surface area contributed by atoms with Gasteiger partial charge in [-0.2, -0.15) is 0 Å². The molecule has 2 aliphatic rings. The monoisotopic (exact) mass is 381 g/mol. The highest BCUT2D eigenvalue weighted by atomic mass is 16.5. The molecule has 0 bridgehead atoms. The van der Waals surface area contributed by atoms with Crippen molar-refractivity contribution in [2.24, 2.45) is 0 Å². The van der Waals surface area contributed by atoms with E-state index in [2.05, 4.69) is 16.0 Å². The molecule has 0 radical (unpaired) electrons. The van der Waals surface area contributed by atoms with Gasteiger partial charge in [-0.25, -0.2) is 0 Å². The maximum Gasteiger partial charge on any atom is 0.260 e. The second-order valence-electron chi connectivity index (χ2n) is 7.27. The molecule has 0 N–H and O–H groups in total. The third kappa shape index (κ3) is 3.91. The minimum Gasteiger partial charge on any atom is -0.495 e. The molecule has 0 unspecified atom stereocenters. The molecular formula is C22H27N3O3. The van der Waals surface area contributed by atoms with Crippen molar-refractivity contribution in [3.05, 3.63) is 47.8 Å². The molecule has 2 aromatic rings. The lowest BCUT2D eigenvalue weighted by molar-refractivity contribution is -0.133. The molecule has 1 aliphatic heterocycles. The van der Waals surface area contributed by atoms with Crippen molar-refractivity contribution in [2.75, 3.05) is 44.8 Å². The average molecular weight is 381 g/mol. The summed E-state index contributed by atoms with van der Waals surface area (Å²) in [5.74, 6) is 1.74. The van der Waals surface area contributed by atoms with E-state index >= 15 is 0 Å². The van der Waals surface area contributed by atoms with Crippen LogP contribution >= 0.6 is 0 Å². The molecule has 1 aromatic carbocycles. The molecule has 1 amide bonds. The molecule has 2 heterocycles. The zero-order chi connectivity index (χ0) is 19.3. The minimum atomic E-state index is 0.0426. The molecule has 0 spiro atoms. The number of rotatable bonds is 5. The number of amides is 1. The van der Waals surface area contributed by atoms with Gasteiger partial charge in [-0.05, 0) is 43.9 Å². The van der Waals surface area contributed by atoms with Crippen molar-refractivity contribution in [3.8, 4) is 11.5 Å². The van der Waals surface area contributed by atoms with Gasteiger partial charge in [0.2, 0.25) is 0 Å². The van der Waals surface area contributed by atoms with Crippen molar-refractivity contribution in [2.45, 2.75) is 25.7 Å². The van der Waals surface area contributed by atoms with Gasteiger partial charge in [0.15, 0.2) is 6.61 Å². The molecule has 6 nitrogen and oxygen atoms in total. The van der Waals surface area contributed by atoms with E-state index < -0.39 is 0 Å². The van der Waals surface area contributed by atoms with Gasteiger partial charge in [-0.1, -0.05) is 12.1 Å². The van der Waals surface area contributed by atoms with E-state index in [1.165, 1.54) is 12.0 Å². The lowest BCUT2D eigenvalue weighted by Gasteiger charge is -2.36. The van der Waals surface area contributed by atoms with Crippen molar-refractivity contribution < 1.29 is 14.3 Å². The van der Waals surface area contributed by atoms with Crippen molar-refractivity contribution in [3.63, 3.8) is 0 Å². The van der Waals surface area contributed by atoms with E-state index in [9.17, 15) is 4.79 Å². The summed E-state index contributed by atoms with van der Waals surface area (Å²) in [6, 6.07) is 9.90. The summed E-state index contributed by atoms with van der Waals surface area (Å²) in [6.07, 6.45) is 6.12. The molecule has 1 saturated heterocycles. The first-order chi connectivity index (χ1) is 13.8. The summed E-state index contributed by atoms with van der Waals surface area (Å²) in [5, 5.41) is 0. The smallest absolute Gasteiger partial charge is 0.260 e. The van der Waals surface area contributed by atoms with Gasteiger partial charge in [-0.15, -0.1) is 0 Å². The summed E-state index contributed by atoms with van der Waals surface area (Å²) in [5.41, 5.74) is 3.39. The summed E-state index contributed by atoms with van der Waals surface area (Å²) >= 11 is 0. The van der Waals surface area contributed by atoms with Crippen molar-refractivity contribution in [1.82, 2.24) is 9.88 Å². The first kappa shape index (κ1) is 18.6. The van der Waals surface area contributed by atoms with Gasteiger partial charge in [-0.3, -0.25) is 9.78 Å². The maximum absolute atomic E-state index is 12.6. The SMILES string of the molecule is COc1ccccc1N1CCN(C(=O)COc2ccnc3c2CCCC3)CC1. The largest absolute Gasteiger partial charge is 0.495 e. The minimum absolute atomic E-state index is 0.0426. The van der Waals surface area contributed by atoms with Crippen molar-refractivity contribution in [1.29, 1.82) is 0 Å². The number of hydrogen-bond donors (Lipinski definition) is 0. The van der Waals surface area contributed by atoms with Crippen LogP contribution in [0.4, 0.5) is 5.69 Å². The molecule has 0 atom stereocenters. The number of hydrogen-bond acceptors (Lipinski definition) is 5. The lowest BCUT2D eigenvalue weighted by Crippen LogP contribution is -2.50. The normalized spacial score (nSPS) is 16.5. The number of benzene rings is 1. The van der Waals surface area contributed by atoms with Gasteiger partial charge in [0.05, 0.1) is 12.8 Å². The number of aromatic nitrogens is 1. The number of carbonyl (C=O) groups is 1. The van der Waals surface area contributed by atoms with E-state index in [1.54, 1.807) is 13.3 Å².